The van der Waals surface area contributed by atoms with Crippen molar-refractivity contribution in [3.63, 3.8) is 0 Å². The van der Waals surface area contributed by atoms with Gasteiger partial charge in [0, 0.05) is 21.2 Å². The molecular weight excluding hydrogens is 402 g/mol. The van der Waals surface area contributed by atoms with Crippen molar-refractivity contribution in [3.05, 3.63) is 67.5 Å². The van der Waals surface area contributed by atoms with E-state index in [-0.39, 0.29) is 11.4 Å². The Morgan fingerprint density at radius 2 is 1.89 bits per heavy atom. The van der Waals surface area contributed by atoms with Gasteiger partial charge in [-0.15, -0.1) is 22.7 Å². The highest BCUT2D eigenvalue weighted by molar-refractivity contribution is 7.89. The van der Waals surface area contributed by atoms with Crippen molar-refractivity contribution < 1.29 is 18.3 Å². The minimum atomic E-state index is -3.72. The fraction of sp³-hybridized carbons (Fsp3) is 0.263. The summed E-state index contributed by atoms with van der Waals surface area (Å²) in [5.74, 6) is 0.325. The molecule has 0 saturated heterocycles. The van der Waals surface area contributed by atoms with Gasteiger partial charge in [-0.05, 0) is 60.7 Å². The summed E-state index contributed by atoms with van der Waals surface area (Å²) in [5.41, 5.74) is 1.85. The van der Waals surface area contributed by atoms with Crippen molar-refractivity contribution in [1.82, 2.24) is 4.72 Å². The average molecular weight is 424 g/mol. The van der Waals surface area contributed by atoms with Crippen LogP contribution in [0.1, 0.15) is 31.9 Å². The van der Waals surface area contributed by atoms with Gasteiger partial charge in [0.15, 0.2) is 0 Å². The van der Waals surface area contributed by atoms with Crippen molar-refractivity contribution in [2.75, 3.05) is 7.11 Å². The Labute approximate surface area is 167 Å². The Balaban J connectivity index is 1.76. The van der Waals surface area contributed by atoms with Crippen LogP contribution in [0.25, 0.3) is 0 Å². The molecule has 0 fully saturated rings. The van der Waals surface area contributed by atoms with Crippen LogP contribution in [0.15, 0.2) is 46.7 Å². The number of aliphatic hydroxyl groups excluding tert-OH is 1. The SMILES string of the molecule is COc1cc(C)c(C)cc1S(=O)(=O)NCc1ccc([C@@H](O)c2cccs2)s1. The van der Waals surface area contributed by atoms with Crippen molar-refractivity contribution in [3.8, 4) is 5.75 Å². The Kier molecular flexibility index (Phi) is 6.02. The number of nitrogens with one attached hydrogen (secondary N) is 1. The largest absolute Gasteiger partial charge is 0.495 e. The molecule has 0 amide bonds. The summed E-state index contributed by atoms with van der Waals surface area (Å²) in [6.45, 7) is 3.93. The third-order valence-corrected chi connectivity index (χ3v) is 7.76. The van der Waals surface area contributed by atoms with Crippen LogP contribution < -0.4 is 9.46 Å². The smallest absolute Gasteiger partial charge is 0.244 e. The number of aliphatic hydroxyl groups is 1. The molecule has 5 nitrogen and oxygen atoms in total. The lowest BCUT2D eigenvalue weighted by atomic mass is 10.1. The number of hydrogen-bond acceptors (Lipinski definition) is 6. The van der Waals surface area contributed by atoms with Crippen molar-refractivity contribution in [1.29, 1.82) is 0 Å². The van der Waals surface area contributed by atoms with E-state index in [9.17, 15) is 13.5 Å². The molecule has 0 unspecified atom stereocenters. The van der Waals surface area contributed by atoms with Gasteiger partial charge in [0.2, 0.25) is 10.0 Å². The van der Waals surface area contributed by atoms with Gasteiger partial charge in [-0.1, -0.05) is 6.07 Å². The zero-order valence-corrected chi connectivity index (χ0v) is 17.7. The number of rotatable bonds is 7. The molecule has 8 heteroatoms. The fourth-order valence-corrected chi connectivity index (χ4v) is 5.69. The number of methoxy groups -OCH3 is 1. The summed E-state index contributed by atoms with van der Waals surface area (Å²) < 4.78 is 33.4. The lowest BCUT2D eigenvalue weighted by Crippen LogP contribution is -2.23. The molecule has 27 heavy (non-hydrogen) atoms. The van der Waals surface area contributed by atoms with Crippen molar-refractivity contribution in [2.24, 2.45) is 0 Å². The molecule has 0 aliphatic heterocycles. The Hall–Kier alpha value is -1.71. The number of aryl methyl sites for hydroxylation is 2. The van der Waals surface area contributed by atoms with E-state index in [2.05, 4.69) is 4.72 Å². The first-order chi connectivity index (χ1) is 12.8. The van der Waals surface area contributed by atoms with Gasteiger partial charge in [-0.2, -0.15) is 0 Å². The molecule has 0 saturated carbocycles. The summed E-state index contributed by atoms with van der Waals surface area (Å²) >= 11 is 2.88. The minimum Gasteiger partial charge on any atom is -0.495 e. The second-order valence-electron chi connectivity index (χ2n) is 6.13. The number of hydrogen-bond donors (Lipinski definition) is 2. The Bertz CT molecular complexity index is 1020. The van der Waals surface area contributed by atoms with E-state index in [0.717, 1.165) is 25.8 Å². The number of sulfonamides is 1. The highest BCUT2D eigenvalue weighted by atomic mass is 32.2. The lowest BCUT2D eigenvalue weighted by molar-refractivity contribution is 0.228. The first kappa shape index (κ1) is 20.0. The third kappa shape index (κ3) is 4.41. The van der Waals surface area contributed by atoms with E-state index in [1.165, 1.54) is 29.8 Å². The monoisotopic (exact) mass is 423 g/mol. The zero-order valence-electron chi connectivity index (χ0n) is 15.2. The van der Waals surface area contributed by atoms with Crippen LogP contribution in [0.5, 0.6) is 5.75 Å². The van der Waals surface area contributed by atoms with Crippen LogP contribution in [-0.2, 0) is 16.6 Å². The molecule has 0 aliphatic carbocycles. The molecule has 144 valence electrons. The zero-order chi connectivity index (χ0) is 19.6. The van der Waals surface area contributed by atoms with E-state index in [0.29, 0.717) is 5.75 Å². The van der Waals surface area contributed by atoms with Gasteiger partial charge in [0.1, 0.15) is 16.7 Å². The second kappa shape index (κ2) is 8.12. The lowest BCUT2D eigenvalue weighted by Gasteiger charge is -2.13. The van der Waals surface area contributed by atoms with Gasteiger partial charge in [-0.3, -0.25) is 0 Å². The highest BCUT2D eigenvalue weighted by Gasteiger charge is 2.21. The maximum absolute atomic E-state index is 12.7. The molecular formula is C19H21NO4S3. The summed E-state index contributed by atoms with van der Waals surface area (Å²) in [7, 11) is -2.26. The minimum absolute atomic E-state index is 0.128. The second-order valence-corrected chi connectivity index (χ2v) is 10.0. The van der Waals surface area contributed by atoms with Crippen LogP contribution in [0.4, 0.5) is 0 Å². The first-order valence-corrected chi connectivity index (χ1v) is 11.4. The summed E-state index contributed by atoms with van der Waals surface area (Å²) in [4.78, 5) is 2.61. The molecule has 0 radical (unpaired) electrons. The quantitative estimate of drug-likeness (QED) is 0.602. The molecule has 2 aromatic heterocycles. The molecule has 0 bridgehead atoms. The third-order valence-electron chi connectivity index (χ3n) is 4.27. The maximum Gasteiger partial charge on any atom is 0.244 e. The van der Waals surface area contributed by atoms with Crippen LogP contribution in [0.2, 0.25) is 0 Å². The molecule has 3 rings (SSSR count). The Morgan fingerprint density at radius 1 is 1.15 bits per heavy atom. The summed E-state index contributed by atoms with van der Waals surface area (Å²) in [6, 6.07) is 10.8. The topological polar surface area (TPSA) is 75.6 Å². The Morgan fingerprint density at radius 3 is 2.56 bits per heavy atom. The number of thiophene rings is 2. The van der Waals surface area contributed by atoms with E-state index >= 15 is 0 Å². The molecule has 1 aromatic carbocycles. The first-order valence-electron chi connectivity index (χ1n) is 8.27. The highest BCUT2D eigenvalue weighted by Crippen LogP contribution is 2.31. The van der Waals surface area contributed by atoms with E-state index in [4.69, 9.17) is 4.74 Å². The van der Waals surface area contributed by atoms with Gasteiger partial charge in [0.25, 0.3) is 0 Å². The van der Waals surface area contributed by atoms with Gasteiger partial charge >= 0.3 is 0 Å². The molecule has 0 aliphatic rings. The number of ether oxygens (including phenoxy) is 1. The van der Waals surface area contributed by atoms with Crippen LogP contribution in [0.3, 0.4) is 0 Å². The van der Waals surface area contributed by atoms with E-state index in [1.54, 1.807) is 12.1 Å². The predicted octanol–water partition coefficient (Wildman–Crippen LogP) is 4.00. The average Bonchev–Trinajstić information content (AvgIpc) is 3.33. The van der Waals surface area contributed by atoms with Crippen molar-refractivity contribution in [2.45, 2.75) is 31.4 Å². The van der Waals surface area contributed by atoms with E-state index < -0.39 is 16.1 Å². The summed E-state index contributed by atoms with van der Waals surface area (Å²) in [6.07, 6.45) is -0.680. The summed E-state index contributed by atoms with van der Waals surface area (Å²) in [5, 5.41) is 12.3. The molecule has 2 N–H and O–H groups in total. The van der Waals surface area contributed by atoms with Crippen LogP contribution in [0, 0.1) is 13.8 Å². The van der Waals surface area contributed by atoms with Crippen molar-refractivity contribution >= 4 is 32.7 Å². The molecule has 0 spiro atoms. The maximum atomic E-state index is 12.7. The number of benzene rings is 1. The van der Waals surface area contributed by atoms with Gasteiger partial charge in [-0.25, -0.2) is 13.1 Å². The normalized spacial score (nSPS) is 12.9. The predicted molar refractivity (Wildman–Crippen MR) is 109 cm³/mol. The van der Waals surface area contributed by atoms with Gasteiger partial charge in [0.05, 0.1) is 7.11 Å². The van der Waals surface area contributed by atoms with E-state index in [1.807, 2.05) is 43.5 Å². The fourth-order valence-electron chi connectivity index (χ4n) is 2.60. The molecule has 1 atom stereocenters. The molecule has 3 aromatic rings. The van der Waals surface area contributed by atoms with Gasteiger partial charge < -0.3 is 9.84 Å². The van der Waals surface area contributed by atoms with Crippen LogP contribution >= 0.6 is 22.7 Å². The standard InChI is InChI=1S/C19H21NO4S3/c1-12-9-15(24-3)18(10-13(12)2)27(22,23)20-11-14-6-7-17(26-14)19(21)16-5-4-8-25-16/h4-10,19-21H,11H2,1-3H3/t19-/m0/s1. The van der Waals surface area contributed by atoms with Crippen LogP contribution in [-0.4, -0.2) is 20.6 Å². The molecule has 2 heterocycles.